The van der Waals surface area contributed by atoms with Gasteiger partial charge in [0, 0.05) is 31.5 Å². The fraction of sp³-hybridized carbons (Fsp3) is 0.263. The molecule has 0 saturated carbocycles. The SMILES string of the molecule is CC(=O)N(CCC(=O)NCCc1ccc(Cl)cc1)c1ccc(F)c(F)c1F. The number of carbonyl (C=O) groups is 2. The molecule has 0 aliphatic rings. The summed E-state index contributed by atoms with van der Waals surface area (Å²) in [4.78, 5) is 24.6. The lowest BCUT2D eigenvalue weighted by Gasteiger charge is -2.21. The lowest BCUT2D eigenvalue weighted by atomic mass is 10.1. The Labute approximate surface area is 159 Å². The highest BCUT2D eigenvalue weighted by molar-refractivity contribution is 6.30. The summed E-state index contributed by atoms with van der Waals surface area (Å²) in [6, 6.07) is 8.89. The van der Waals surface area contributed by atoms with Crippen LogP contribution in [-0.4, -0.2) is 24.9 Å². The van der Waals surface area contributed by atoms with Gasteiger partial charge in [0.25, 0.3) is 0 Å². The van der Waals surface area contributed by atoms with Gasteiger partial charge in [-0.25, -0.2) is 13.2 Å². The molecular weight excluding hydrogens is 381 g/mol. The summed E-state index contributed by atoms with van der Waals surface area (Å²) in [5.74, 6) is -5.41. The first-order valence-electron chi connectivity index (χ1n) is 8.22. The highest BCUT2D eigenvalue weighted by Crippen LogP contribution is 2.24. The Hall–Kier alpha value is -2.54. The van der Waals surface area contributed by atoms with Crippen molar-refractivity contribution in [1.29, 1.82) is 0 Å². The van der Waals surface area contributed by atoms with Crippen LogP contribution in [0.2, 0.25) is 5.02 Å². The van der Waals surface area contributed by atoms with E-state index in [-0.39, 0.29) is 18.9 Å². The Bertz CT molecular complexity index is 828. The molecule has 0 bridgehead atoms. The number of hydrogen-bond donors (Lipinski definition) is 1. The molecule has 0 aromatic heterocycles. The third-order valence-corrected chi connectivity index (χ3v) is 4.15. The van der Waals surface area contributed by atoms with Crippen LogP contribution in [0.3, 0.4) is 0 Å². The summed E-state index contributed by atoms with van der Waals surface area (Å²) in [5, 5.41) is 3.31. The Balaban J connectivity index is 1.90. The molecule has 0 spiro atoms. The molecule has 1 N–H and O–H groups in total. The fourth-order valence-corrected chi connectivity index (χ4v) is 2.60. The number of hydrogen-bond acceptors (Lipinski definition) is 2. The molecule has 0 radical (unpaired) electrons. The molecule has 0 aliphatic carbocycles. The second-order valence-corrected chi connectivity index (χ2v) is 6.28. The van der Waals surface area contributed by atoms with E-state index >= 15 is 0 Å². The van der Waals surface area contributed by atoms with E-state index in [4.69, 9.17) is 11.6 Å². The van der Waals surface area contributed by atoms with Gasteiger partial charge in [0.2, 0.25) is 11.8 Å². The van der Waals surface area contributed by atoms with E-state index in [1.54, 1.807) is 12.1 Å². The van der Waals surface area contributed by atoms with Gasteiger partial charge in [-0.3, -0.25) is 9.59 Å². The molecule has 4 nitrogen and oxygen atoms in total. The first kappa shape index (κ1) is 20.8. The minimum absolute atomic E-state index is 0.112. The average molecular weight is 399 g/mol. The maximum atomic E-state index is 13.9. The summed E-state index contributed by atoms with van der Waals surface area (Å²) < 4.78 is 40.3. The number of rotatable bonds is 7. The van der Waals surface area contributed by atoms with Gasteiger partial charge in [-0.1, -0.05) is 23.7 Å². The number of halogens is 4. The molecule has 2 rings (SSSR count). The minimum atomic E-state index is -1.66. The molecule has 27 heavy (non-hydrogen) atoms. The number of benzene rings is 2. The van der Waals surface area contributed by atoms with Crippen LogP contribution < -0.4 is 10.2 Å². The van der Waals surface area contributed by atoms with E-state index < -0.39 is 29.0 Å². The molecule has 0 aliphatic heterocycles. The number of nitrogens with one attached hydrogen (secondary N) is 1. The highest BCUT2D eigenvalue weighted by atomic mass is 35.5. The van der Waals surface area contributed by atoms with Gasteiger partial charge in [-0.2, -0.15) is 0 Å². The molecule has 0 saturated heterocycles. The van der Waals surface area contributed by atoms with Crippen LogP contribution in [0, 0.1) is 17.5 Å². The van der Waals surface area contributed by atoms with Crippen molar-refractivity contribution in [3.63, 3.8) is 0 Å². The van der Waals surface area contributed by atoms with E-state index in [1.807, 2.05) is 12.1 Å². The van der Waals surface area contributed by atoms with Gasteiger partial charge in [-0.15, -0.1) is 0 Å². The summed E-state index contributed by atoms with van der Waals surface area (Å²) >= 11 is 5.80. The zero-order valence-electron chi connectivity index (χ0n) is 14.6. The first-order chi connectivity index (χ1) is 12.8. The molecule has 8 heteroatoms. The van der Waals surface area contributed by atoms with Crippen molar-refractivity contribution in [3.8, 4) is 0 Å². The monoisotopic (exact) mass is 398 g/mol. The summed E-state index contributed by atoms with van der Waals surface area (Å²) in [6.07, 6.45) is 0.482. The highest BCUT2D eigenvalue weighted by Gasteiger charge is 2.21. The van der Waals surface area contributed by atoms with Crippen molar-refractivity contribution in [2.45, 2.75) is 19.8 Å². The van der Waals surface area contributed by atoms with Gasteiger partial charge >= 0.3 is 0 Å². The molecule has 144 valence electrons. The van der Waals surface area contributed by atoms with Crippen molar-refractivity contribution in [2.24, 2.45) is 0 Å². The maximum Gasteiger partial charge on any atom is 0.223 e. The van der Waals surface area contributed by atoms with Crippen LogP contribution in [0.15, 0.2) is 36.4 Å². The summed E-state index contributed by atoms with van der Waals surface area (Å²) in [5.41, 5.74) is 0.587. The van der Waals surface area contributed by atoms with Crippen LogP contribution in [0.1, 0.15) is 18.9 Å². The van der Waals surface area contributed by atoms with Crippen molar-refractivity contribution < 1.29 is 22.8 Å². The third-order valence-electron chi connectivity index (χ3n) is 3.90. The second-order valence-electron chi connectivity index (χ2n) is 5.84. The Morgan fingerprint density at radius 2 is 1.70 bits per heavy atom. The standard InChI is InChI=1S/C19H18ClF3N2O2/c1-12(26)25(16-7-6-15(21)18(22)19(16)23)11-9-17(27)24-10-8-13-2-4-14(20)5-3-13/h2-7H,8-11H2,1H3,(H,24,27). The van der Waals surface area contributed by atoms with E-state index in [0.717, 1.165) is 29.5 Å². The van der Waals surface area contributed by atoms with Crippen LogP contribution in [-0.2, 0) is 16.0 Å². The normalized spacial score (nSPS) is 10.6. The van der Waals surface area contributed by atoms with Gasteiger partial charge in [0.1, 0.15) is 0 Å². The van der Waals surface area contributed by atoms with Crippen LogP contribution in [0.25, 0.3) is 0 Å². The van der Waals surface area contributed by atoms with Crippen molar-refractivity contribution in [2.75, 3.05) is 18.0 Å². The summed E-state index contributed by atoms with van der Waals surface area (Å²) in [6.45, 7) is 1.36. The van der Waals surface area contributed by atoms with Gasteiger partial charge in [0.15, 0.2) is 17.5 Å². The fourth-order valence-electron chi connectivity index (χ4n) is 2.47. The largest absolute Gasteiger partial charge is 0.356 e. The lowest BCUT2D eigenvalue weighted by molar-refractivity contribution is -0.121. The topological polar surface area (TPSA) is 49.4 Å². The number of nitrogens with zero attached hydrogens (tertiary/aromatic N) is 1. The quantitative estimate of drug-likeness (QED) is 0.720. The van der Waals surface area contributed by atoms with Crippen LogP contribution in [0.4, 0.5) is 18.9 Å². The minimum Gasteiger partial charge on any atom is -0.356 e. The molecule has 0 unspecified atom stereocenters. The molecule has 0 fully saturated rings. The lowest BCUT2D eigenvalue weighted by Crippen LogP contribution is -2.35. The van der Waals surface area contributed by atoms with Crippen molar-refractivity contribution in [1.82, 2.24) is 5.32 Å². The Morgan fingerprint density at radius 3 is 2.33 bits per heavy atom. The molecule has 0 heterocycles. The van der Waals surface area contributed by atoms with Crippen molar-refractivity contribution in [3.05, 3.63) is 64.4 Å². The van der Waals surface area contributed by atoms with Gasteiger partial charge in [-0.05, 0) is 36.2 Å². The molecule has 2 amide bonds. The third kappa shape index (κ3) is 5.72. The van der Waals surface area contributed by atoms with Crippen LogP contribution >= 0.6 is 11.6 Å². The average Bonchev–Trinajstić information content (AvgIpc) is 2.63. The number of amides is 2. The predicted octanol–water partition coefficient (Wildman–Crippen LogP) is 3.86. The first-order valence-corrected chi connectivity index (χ1v) is 8.60. The molecular formula is C19H18ClF3N2O2. The Morgan fingerprint density at radius 1 is 1.04 bits per heavy atom. The van der Waals surface area contributed by atoms with Crippen LogP contribution in [0.5, 0.6) is 0 Å². The zero-order valence-corrected chi connectivity index (χ0v) is 15.3. The Kier molecular flexibility index (Phi) is 7.24. The van der Waals surface area contributed by atoms with Gasteiger partial charge < -0.3 is 10.2 Å². The molecule has 2 aromatic carbocycles. The van der Waals surface area contributed by atoms with Gasteiger partial charge in [0.05, 0.1) is 5.69 Å². The number of carbonyl (C=O) groups excluding carboxylic acids is 2. The van der Waals surface area contributed by atoms with E-state index in [9.17, 15) is 22.8 Å². The smallest absolute Gasteiger partial charge is 0.223 e. The summed E-state index contributed by atoms with van der Waals surface area (Å²) in [7, 11) is 0. The maximum absolute atomic E-state index is 13.9. The number of anilines is 1. The zero-order chi connectivity index (χ0) is 20.0. The van der Waals surface area contributed by atoms with E-state index in [1.165, 1.54) is 0 Å². The predicted molar refractivity (Wildman–Crippen MR) is 97.1 cm³/mol. The van der Waals surface area contributed by atoms with Crippen molar-refractivity contribution >= 4 is 29.1 Å². The van der Waals surface area contributed by atoms with E-state index in [0.29, 0.717) is 18.0 Å². The second kappa shape index (κ2) is 9.41. The van der Waals surface area contributed by atoms with E-state index in [2.05, 4.69) is 5.32 Å². The molecule has 2 aromatic rings. The molecule has 0 atom stereocenters.